The molecule has 8 heteroatoms. The van der Waals surface area contributed by atoms with Crippen molar-refractivity contribution < 1.29 is 44.4 Å². The van der Waals surface area contributed by atoms with Crippen molar-refractivity contribution in [3.63, 3.8) is 0 Å². The van der Waals surface area contributed by atoms with E-state index in [2.05, 4.69) is 0 Å². The van der Waals surface area contributed by atoms with Gasteiger partial charge >= 0.3 is 0 Å². The van der Waals surface area contributed by atoms with E-state index < -0.39 is 0 Å². The van der Waals surface area contributed by atoms with Crippen molar-refractivity contribution in [1.82, 2.24) is 0 Å². The van der Waals surface area contributed by atoms with Crippen LogP contribution in [0.5, 0.6) is 0 Å². The van der Waals surface area contributed by atoms with E-state index in [-0.39, 0.29) is 79.1 Å². The Morgan fingerprint density at radius 2 is 0.375 bits per heavy atom. The molecular formula is H5Al2BrO5-6. The molecule has 0 heterocycles. The van der Waals surface area contributed by atoms with Gasteiger partial charge in [0.2, 0.25) is 0 Å². The normalized spacial score (nSPS) is 0. The Hall–Kier alpha value is 1.34. The average Bonchev–Trinajstić information content (AvgIpc) is 0. The second kappa shape index (κ2) is 249. The van der Waals surface area contributed by atoms with Gasteiger partial charge in [0.1, 0.15) is 0 Å². The SMILES string of the molecule is [Al].[Al].[Br-].[OH-].[OH-].[OH-].[OH-].[OH-]. The minimum Gasteiger partial charge on any atom is -1.00 e. The van der Waals surface area contributed by atoms with Gasteiger partial charge in [-0.3, -0.25) is 0 Å². The maximum Gasteiger partial charge on any atom is 0 e. The maximum atomic E-state index is 0. The molecule has 0 saturated heterocycles. The van der Waals surface area contributed by atoms with E-state index in [4.69, 9.17) is 0 Å². The van der Waals surface area contributed by atoms with Crippen molar-refractivity contribution in [3.05, 3.63) is 0 Å². The van der Waals surface area contributed by atoms with E-state index in [1.54, 1.807) is 0 Å². The molecule has 0 atom stereocenters. The molecule has 5 N–H and O–H groups in total. The third-order valence-electron chi connectivity index (χ3n) is 0. The Morgan fingerprint density at radius 1 is 0.375 bits per heavy atom. The molecule has 0 aromatic carbocycles. The zero-order chi connectivity index (χ0) is 0. The Balaban J connectivity index is 0. The molecule has 6 radical (unpaired) electrons. The summed E-state index contributed by atoms with van der Waals surface area (Å²) >= 11 is 0. The van der Waals surface area contributed by atoms with Crippen molar-refractivity contribution in [2.24, 2.45) is 0 Å². The van der Waals surface area contributed by atoms with Crippen LogP contribution in [0.1, 0.15) is 0 Å². The van der Waals surface area contributed by atoms with Crippen LogP contribution in [0.2, 0.25) is 0 Å². The first-order valence-electron chi connectivity index (χ1n) is 0. The summed E-state index contributed by atoms with van der Waals surface area (Å²) in [7, 11) is 0. The Bertz CT molecular complexity index is 10.4. The first kappa shape index (κ1) is 360. The zero-order valence-corrected chi connectivity index (χ0v) is 7.66. The van der Waals surface area contributed by atoms with Gasteiger partial charge in [0.25, 0.3) is 0 Å². The lowest BCUT2D eigenvalue weighted by Crippen LogP contribution is -3.00. The molecule has 0 spiro atoms. The quantitative estimate of drug-likeness (QED) is 0.375. The molecular weight excluding hydrogens is 214 g/mol. The summed E-state index contributed by atoms with van der Waals surface area (Å²) in [6.45, 7) is 0. The fourth-order valence-electron chi connectivity index (χ4n) is 0. The standard InChI is InChI=1S/2Al.BrH.5H2O/h;;1H;5*1H2/p-6. The van der Waals surface area contributed by atoms with E-state index >= 15 is 0 Å². The fraction of sp³-hybridized carbons (Fsp3) is 0. The molecule has 0 aromatic heterocycles. The summed E-state index contributed by atoms with van der Waals surface area (Å²) in [5.74, 6) is 0. The molecule has 0 unspecified atom stereocenters. The fourth-order valence-corrected chi connectivity index (χ4v) is 0. The van der Waals surface area contributed by atoms with Crippen LogP contribution in [0, 0.1) is 0 Å². The van der Waals surface area contributed by atoms with Crippen LogP contribution in [0.4, 0.5) is 0 Å². The van der Waals surface area contributed by atoms with Gasteiger partial charge in [-0.25, -0.2) is 0 Å². The van der Waals surface area contributed by atoms with Crippen LogP contribution in [-0.4, -0.2) is 62.1 Å². The summed E-state index contributed by atoms with van der Waals surface area (Å²) in [5, 5.41) is 0. The molecule has 0 amide bonds. The summed E-state index contributed by atoms with van der Waals surface area (Å²) < 4.78 is 0. The van der Waals surface area contributed by atoms with Crippen molar-refractivity contribution in [2.75, 3.05) is 0 Å². The third kappa shape index (κ3) is 163. The highest BCUT2D eigenvalue weighted by molar-refractivity contribution is 5.76. The van der Waals surface area contributed by atoms with Gasteiger partial charge in [0, 0.05) is 34.7 Å². The monoisotopic (exact) mass is 218 g/mol. The zero-order valence-electron chi connectivity index (χ0n) is 3.77. The summed E-state index contributed by atoms with van der Waals surface area (Å²) in [4.78, 5) is 0. The van der Waals surface area contributed by atoms with Crippen molar-refractivity contribution in [2.45, 2.75) is 0 Å². The third-order valence-corrected chi connectivity index (χ3v) is 0. The van der Waals surface area contributed by atoms with Crippen molar-refractivity contribution >= 4 is 34.7 Å². The molecule has 0 saturated carbocycles. The minimum atomic E-state index is 0. The predicted octanol–water partition coefficient (Wildman–Crippen LogP) is -4.64. The number of halogens is 1. The molecule has 0 aliphatic heterocycles. The van der Waals surface area contributed by atoms with Gasteiger partial charge in [-0.2, -0.15) is 0 Å². The van der Waals surface area contributed by atoms with Gasteiger partial charge in [0.15, 0.2) is 0 Å². The Kier molecular flexibility index (Phi) is 11200. The second-order valence-corrected chi connectivity index (χ2v) is 0. The highest BCUT2D eigenvalue weighted by Gasteiger charge is 0.00101. The highest BCUT2D eigenvalue weighted by atomic mass is 79.9. The summed E-state index contributed by atoms with van der Waals surface area (Å²) in [6, 6.07) is 0. The predicted molar refractivity (Wildman–Crippen MR) is 21.2 cm³/mol. The van der Waals surface area contributed by atoms with Crippen LogP contribution >= 0.6 is 0 Å². The lowest BCUT2D eigenvalue weighted by atomic mass is 16.0. The molecule has 0 bridgehead atoms. The van der Waals surface area contributed by atoms with Crippen LogP contribution < -0.4 is 17.0 Å². The molecule has 0 rings (SSSR count). The van der Waals surface area contributed by atoms with E-state index in [1.165, 1.54) is 0 Å². The van der Waals surface area contributed by atoms with E-state index in [0.717, 1.165) is 0 Å². The van der Waals surface area contributed by atoms with Crippen molar-refractivity contribution in [3.8, 4) is 0 Å². The lowest BCUT2D eigenvalue weighted by Gasteiger charge is -1.00. The summed E-state index contributed by atoms with van der Waals surface area (Å²) in [5.41, 5.74) is 0. The Morgan fingerprint density at radius 3 is 0.375 bits per heavy atom. The molecule has 54 valence electrons. The van der Waals surface area contributed by atoms with Crippen LogP contribution in [-0.2, 0) is 0 Å². The molecule has 0 aliphatic carbocycles. The number of hydrogen-bond acceptors (Lipinski definition) is 5. The summed E-state index contributed by atoms with van der Waals surface area (Å²) in [6.07, 6.45) is 0. The molecule has 0 aliphatic rings. The molecule has 5 nitrogen and oxygen atoms in total. The highest BCUT2D eigenvalue weighted by Crippen LogP contribution is -0.285. The molecule has 8 heavy (non-hydrogen) atoms. The van der Waals surface area contributed by atoms with Gasteiger partial charge in [-0.05, 0) is 0 Å². The molecule has 0 fully saturated rings. The number of rotatable bonds is 0. The largest absolute Gasteiger partial charge is 1.00 e. The number of hydrogen-bond donors (Lipinski definition) is 0. The van der Waals surface area contributed by atoms with Crippen molar-refractivity contribution in [1.29, 1.82) is 0 Å². The van der Waals surface area contributed by atoms with Crippen LogP contribution in [0.15, 0.2) is 0 Å². The second-order valence-electron chi connectivity index (χ2n) is 0. The lowest BCUT2D eigenvalue weighted by molar-refractivity contribution is -0.00000638. The van der Waals surface area contributed by atoms with Crippen LogP contribution in [0.3, 0.4) is 0 Å². The van der Waals surface area contributed by atoms with Crippen LogP contribution in [0.25, 0.3) is 0 Å². The first-order chi connectivity index (χ1) is 0. The van der Waals surface area contributed by atoms with E-state index in [1.807, 2.05) is 0 Å². The Labute approximate surface area is 79.0 Å². The van der Waals surface area contributed by atoms with Gasteiger partial charge in [-0.15, -0.1) is 0 Å². The van der Waals surface area contributed by atoms with E-state index in [0.29, 0.717) is 0 Å². The average molecular weight is 219 g/mol. The topological polar surface area (TPSA) is 150 Å². The smallest absolute Gasteiger partial charge is 0 e. The van der Waals surface area contributed by atoms with Gasteiger partial charge < -0.3 is 44.4 Å². The molecule has 0 aromatic rings. The van der Waals surface area contributed by atoms with E-state index in [9.17, 15) is 0 Å². The maximum absolute atomic E-state index is 0. The van der Waals surface area contributed by atoms with Gasteiger partial charge in [0.05, 0.1) is 0 Å². The van der Waals surface area contributed by atoms with Gasteiger partial charge in [-0.1, -0.05) is 0 Å². The first-order valence-corrected chi connectivity index (χ1v) is 0. The minimum absolute atomic E-state index is 0.